The van der Waals surface area contributed by atoms with E-state index in [2.05, 4.69) is 48.4 Å². The lowest BCUT2D eigenvalue weighted by atomic mass is 9.89. The number of hydrogen-bond acceptors (Lipinski definition) is 2. The number of hydrogen-bond donors (Lipinski definition) is 2. The third kappa shape index (κ3) is 7.94. The fourth-order valence-corrected chi connectivity index (χ4v) is 3.19. The Labute approximate surface area is 170 Å². The second-order valence-electron chi connectivity index (χ2n) is 6.82. The van der Waals surface area contributed by atoms with Crippen LogP contribution in [0.5, 0.6) is 0 Å². The minimum Gasteiger partial charge on any atom is -0.373 e. The molecule has 0 saturated carbocycles. The molecule has 1 fully saturated rings. The van der Waals surface area contributed by atoms with Crippen molar-refractivity contribution in [3.63, 3.8) is 0 Å². The average molecular weight is 459 g/mol. The second-order valence-corrected chi connectivity index (χ2v) is 6.82. The van der Waals surface area contributed by atoms with E-state index in [1.807, 2.05) is 0 Å². The summed E-state index contributed by atoms with van der Waals surface area (Å²) in [5, 5.41) is 3.23. The Kier molecular flexibility index (Phi) is 11.1. The van der Waals surface area contributed by atoms with Crippen LogP contribution in [0.1, 0.15) is 62.7 Å². The number of nitrogens with one attached hydrogen (secondary N) is 1. The zero-order valence-corrected chi connectivity index (χ0v) is 18.0. The number of halogens is 1. The highest BCUT2D eigenvalue weighted by molar-refractivity contribution is 14.0. The summed E-state index contributed by atoms with van der Waals surface area (Å²) in [6.45, 7) is 6.81. The molecule has 0 spiro atoms. The van der Waals surface area contributed by atoms with E-state index in [1.54, 1.807) is 0 Å². The van der Waals surface area contributed by atoms with Gasteiger partial charge in [0.05, 0.1) is 6.10 Å². The van der Waals surface area contributed by atoms with Gasteiger partial charge >= 0.3 is 0 Å². The van der Waals surface area contributed by atoms with Gasteiger partial charge in [-0.25, -0.2) is 0 Å². The fourth-order valence-electron chi connectivity index (χ4n) is 3.19. The zero-order valence-electron chi connectivity index (χ0n) is 15.7. The minimum atomic E-state index is 0. The number of aryl methyl sites for hydroxylation is 1. The molecule has 0 aliphatic carbocycles. The molecule has 4 nitrogen and oxygen atoms in total. The van der Waals surface area contributed by atoms with Crippen molar-refractivity contribution in [3.8, 4) is 0 Å². The van der Waals surface area contributed by atoms with Gasteiger partial charge in [0.15, 0.2) is 5.96 Å². The molecule has 25 heavy (non-hydrogen) atoms. The molecule has 1 heterocycles. The number of ether oxygens (including phenoxy) is 1. The van der Waals surface area contributed by atoms with Crippen molar-refractivity contribution in [1.29, 1.82) is 0 Å². The van der Waals surface area contributed by atoms with Crippen LogP contribution in [-0.4, -0.2) is 25.7 Å². The van der Waals surface area contributed by atoms with Crippen LogP contribution in [0.3, 0.4) is 0 Å². The quantitative estimate of drug-likeness (QED) is 0.259. The summed E-state index contributed by atoms with van der Waals surface area (Å²) in [7, 11) is 0. The first kappa shape index (κ1) is 22.2. The molecule has 3 N–H and O–H groups in total. The Bertz CT molecular complexity index is 504. The molecule has 2 atom stereocenters. The summed E-state index contributed by atoms with van der Waals surface area (Å²) in [5.74, 6) is 0.974. The van der Waals surface area contributed by atoms with Gasteiger partial charge in [-0.15, -0.1) is 24.0 Å². The van der Waals surface area contributed by atoms with Crippen LogP contribution in [0.25, 0.3) is 0 Å². The lowest BCUT2D eigenvalue weighted by Gasteiger charge is -2.31. The maximum Gasteiger partial charge on any atom is 0.188 e. The van der Waals surface area contributed by atoms with Crippen LogP contribution >= 0.6 is 24.0 Å². The summed E-state index contributed by atoms with van der Waals surface area (Å²) < 4.78 is 6.04. The number of nitrogens with two attached hydrogens (primary N) is 1. The monoisotopic (exact) mass is 459 g/mol. The first-order valence-electron chi connectivity index (χ1n) is 9.42. The van der Waals surface area contributed by atoms with Crippen LogP contribution in [0.15, 0.2) is 29.3 Å². The molecule has 1 saturated heterocycles. The Hall–Kier alpha value is -0.820. The SMILES string of the molecule is CCCCCCNC(N)=NCC1CCCOC1c1ccc(C)cc1.I. The van der Waals surface area contributed by atoms with E-state index in [4.69, 9.17) is 10.5 Å². The maximum atomic E-state index is 6.04. The van der Waals surface area contributed by atoms with Crippen molar-refractivity contribution in [1.82, 2.24) is 5.32 Å². The first-order valence-corrected chi connectivity index (χ1v) is 9.42. The van der Waals surface area contributed by atoms with Gasteiger partial charge in [-0.05, 0) is 31.7 Å². The van der Waals surface area contributed by atoms with E-state index in [0.717, 1.165) is 39.0 Å². The predicted octanol–water partition coefficient (Wildman–Crippen LogP) is 4.57. The fraction of sp³-hybridized carbons (Fsp3) is 0.650. The van der Waals surface area contributed by atoms with E-state index in [9.17, 15) is 0 Å². The van der Waals surface area contributed by atoms with Crippen LogP contribution in [-0.2, 0) is 4.74 Å². The number of rotatable bonds is 8. The highest BCUT2D eigenvalue weighted by atomic mass is 127. The molecule has 142 valence electrons. The Morgan fingerprint density at radius 2 is 2.00 bits per heavy atom. The van der Waals surface area contributed by atoms with Crippen LogP contribution in [0.2, 0.25) is 0 Å². The Morgan fingerprint density at radius 1 is 1.24 bits per heavy atom. The standard InChI is InChI=1S/C20H33N3O.HI/c1-3-4-5-6-13-22-20(21)23-15-18-8-7-14-24-19(18)17-11-9-16(2)10-12-17;/h9-12,18-19H,3-8,13-15H2,1-2H3,(H3,21,22,23);1H. The zero-order chi connectivity index (χ0) is 17.2. The Balaban J connectivity index is 0.00000312. The summed E-state index contributed by atoms with van der Waals surface area (Å²) in [4.78, 5) is 4.56. The smallest absolute Gasteiger partial charge is 0.188 e. The average Bonchev–Trinajstić information content (AvgIpc) is 2.61. The Morgan fingerprint density at radius 3 is 2.72 bits per heavy atom. The van der Waals surface area contributed by atoms with Gasteiger partial charge in [-0.3, -0.25) is 4.99 Å². The molecule has 0 aromatic heterocycles. The highest BCUT2D eigenvalue weighted by Crippen LogP contribution is 2.33. The molecular weight excluding hydrogens is 425 g/mol. The third-order valence-electron chi connectivity index (χ3n) is 4.68. The van der Waals surface area contributed by atoms with Crippen LogP contribution in [0.4, 0.5) is 0 Å². The van der Waals surface area contributed by atoms with Crippen molar-refractivity contribution in [3.05, 3.63) is 35.4 Å². The number of unbranched alkanes of at least 4 members (excludes halogenated alkanes) is 3. The van der Waals surface area contributed by atoms with Crippen LogP contribution < -0.4 is 11.1 Å². The van der Waals surface area contributed by atoms with Crippen LogP contribution in [0, 0.1) is 12.8 Å². The number of benzene rings is 1. The van der Waals surface area contributed by atoms with Gasteiger partial charge in [0.1, 0.15) is 0 Å². The number of aliphatic imine (C=N–C) groups is 1. The molecule has 1 aromatic carbocycles. The molecule has 1 aliphatic rings. The second kappa shape index (κ2) is 12.5. The topological polar surface area (TPSA) is 59.6 Å². The largest absolute Gasteiger partial charge is 0.373 e. The van der Waals surface area contributed by atoms with E-state index >= 15 is 0 Å². The van der Waals surface area contributed by atoms with E-state index in [0.29, 0.717) is 11.9 Å². The summed E-state index contributed by atoms with van der Waals surface area (Å²) >= 11 is 0. The summed E-state index contributed by atoms with van der Waals surface area (Å²) in [6, 6.07) is 8.66. The van der Waals surface area contributed by atoms with Crippen molar-refractivity contribution >= 4 is 29.9 Å². The normalized spacial score (nSPS) is 20.8. The molecule has 5 heteroatoms. The van der Waals surface area contributed by atoms with Gasteiger partial charge in [-0.1, -0.05) is 56.0 Å². The lowest BCUT2D eigenvalue weighted by molar-refractivity contribution is -0.0250. The number of guanidine groups is 1. The molecule has 2 unspecified atom stereocenters. The van der Waals surface area contributed by atoms with Gasteiger partial charge in [0.25, 0.3) is 0 Å². The minimum absolute atomic E-state index is 0. The van der Waals surface area contributed by atoms with E-state index in [1.165, 1.54) is 30.4 Å². The summed E-state index contributed by atoms with van der Waals surface area (Å²) in [5.41, 5.74) is 8.54. The predicted molar refractivity (Wildman–Crippen MR) is 117 cm³/mol. The lowest BCUT2D eigenvalue weighted by Crippen LogP contribution is -2.34. The first-order chi connectivity index (χ1) is 11.7. The van der Waals surface area contributed by atoms with E-state index < -0.39 is 0 Å². The molecule has 0 radical (unpaired) electrons. The van der Waals surface area contributed by atoms with Crippen molar-refractivity contribution in [2.75, 3.05) is 19.7 Å². The van der Waals surface area contributed by atoms with Gasteiger partial charge < -0.3 is 15.8 Å². The summed E-state index contributed by atoms with van der Waals surface area (Å²) in [6.07, 6.45) is 7.34. The van der Waals surface area contributed by atoms with Crippen molar-refractivity contribution in [2.24, 2.45) is 16.6 Å². The molecule has 0 bridgehead atoms. The highest BCUT2D eigenvalue weighted by Gasteiger charge is 2.27. The number of nitrogens with zero attached hydrogens (tertiary/aromatic N) is 1. The van der Waals surface area contributed by atoms with Gasteiger partial charge in [-0.2, -0.15) is 0 Å². The van der Waals surface area contributed by atoms with Crippen molar-refractivity contribution < 1.29 is 4.74 Å². The van der Waals surface area contributed by atoms with Gasteiger partial charge in [0.2, 0.25) is 0 Å². The van der Waals surface area contributed by atoms with Gasteiger partial charge in [0, 0.05) is 25.6 Å². The molecule has 1 aliphatic heterocycles. The third-order valence-corrected chi connectivity index (χ3v) is 4.68. The molecule has 0 amide bonds. The van der Waals surface area contributed by atoms with Crippen molar-refractivity contribution in [2.45, 2.75) is 58.5 Å². The molecular formula is C20H34IN3O. The van der Waals surface area contributed by atoms with E-state index in [-0.39, 0.29) is 30.1 Å². The molecule has 2 rings (SSSR count). The molecule has 1 aromatic rings. The maximum absolute atomic E-state index is 6.04.